The van der Waals surface area contributed by atoms with Crippen LogP contribution in [0.2, 0.25) is 0 Å². The topological polar surface area (TPSA) is 60.7 Å². The molecule has 0 amide bonds. The third-order valence-electron chi connectivity index (χ3n) is 3.16. The van der Waals surface area contributed by atoms with Crippen LogP contribution in [0.5, 0.6) is 0 Å². The predicted molar refractivity (Wildman–Crippen MR) is 64.6 cm³/mol. The monoisotopic (exact) mass is 223 g/mol. The van der Waals surface area contributed by atoms with Crippen molar-refractivity contribution in [2.24, 2.45) is 11.8 Å². The number of rotatable bonds is 4. The van der Waals surface area contributed by atoms with Gasteiger partial charge in [-0.2, -0.15) is 0 Å². The number of hydrogen-bond donors (Lipinski definition) is 3. The van der Waals surface area contributed by atoms with E-state index < -0.39 is 0 Å². The zero-order valence-corrected chi connectivity index (χ0v) is 10.1. The lowest BCUT2D eigenvalue weighted by Crippen LogP contribution is -2.12. The minimum Gasteiger partial charge on any atom is -0.316 e. The van der Waals surface area contributed by atoms with Gasteiger partial charge in [-0.25, -0.2) is 4.79 Å². The quantitative estimate of drug-likeness (QED) is 0.714. The molecule has 1 saturated heterocycles. The molecule has 3 N–H and O–H groups in total. The first kappa shape index (κ1) is 11.5. The summed E-state index contributed by atoms with van der Waals surface area (Å²) in [5, 5.41) is 3.36. The molecule has 1 aliphatic heterocycles. The maximum absolute atomic E-state index is 11.3. The van der Waals surface area contributed by atoms with Crippen molar-refractivity contribution in [2.75, 3.05) is 13.1 Å². The summed E-state index contributed by atoms with van der Waals surface area (Å²) in [5.74, 6) is 1.25. The number of imidazole rings is 1. The van der Waals surface area contributed by atoms with Gasteiger partial charge in [0.25, 0.3) is 0 Å². The second-order valence-corrected chi connectivity index (χ2v) is 5.20. The fourth-order valence-corrected chi connectivity index (χ4v) is 2.39. The average Bonchev–Trinajstić information content (AvgIpc) is 2.77. The molecular formula is C12H21N3O. The highest BCUT2D eigenvalue weighted by atomic mass is 16.1. The minimum absolute atomic E-state index is 0.0587. The van der Waals surface area contributed by atoms with Gasteiger partial charge in [-0.15, -0.1) is 0 Å². The molecule has 2 heterocycles. The molecule has 0 bridgehead atoms. The first-order chi connectivity index (χ1) is 7.65. The summed E-state index contributed by atoms with van der Waals surface area (Å²) in [6.07, 6.45) is 3.16. The molecule has 0 aliphatic carbocycles. The van der Waals surface area contributed by atoms with Crippen molar-refractivity contribution in [3.8, 4) is 0 Å². The minimum atomic E-state index is -0.0587. The Hall–Kier alpha value is -1.03. The van der Waals surface area contributed by atoms with E-state index in [4.69, 9.17) is 0 Å². The lowest BCUT2D eigenvalue weighted by atomic mass is 9.99. The molecule has 4 nitrogen and oxygen atoms in total. The fourth-order valence-electron chi connectivity index (χ4n) is 2.39. The molecule has 1 atom stereocenters. The van der Waals surface area contributed by atoms with Crippen molar-refractivity contribution in [3.05, 3.63) is 21.9 Å². The second kappa shape index (κ2) is 4.87. The van der Waals surface area contributed by atoms with Gasteiger partial charge >= 0.3 is 5.69 Å². The van der Waals surface area contributed by atoms with Crippen LogP contribution in [0, 0.1) is 11.8 Å². The Morgan fingerprint density at radius 3 is 2.69 bits per heavy atom. The van der Waals surface area contributed by atoms with Crippen LogP contribution in [0.3, 0.4) is 0 Å². The lowest BCUT2D eigenvalue weighted by Gasteiger charge is -2.09. The first-order valence-electron chi connectivity index (χ1n) is 6.16. The normalized spacial score (nSPS) is 20.8. The van der Waals surface area contributed by atoms with Gasteiger partial charge < -0.3 is 15.3 Å². The molecule has 2 rings (SSSR count). The van der Waals surface area contributed by atoms with Crippen LogP contribution in [0.4, 0.5) is 0 Å². The van der Waals surface area contributed by atoms with Crippen LogP contribution in [0.25, 0.3) is 0 Å². The summed E-state index contributed by atoms with van der Waals surface area (Å²) in [4.78, 5) is 17.2. The Morgan fingerprint density at radius 2 is 2.06 bits per heavy atom. The second-order valence-electron chi connectivity index (χ2n) is 5.20. The fraction of sp³-hybridized carbons (Fsp3) is 0.750. The molecule has 1 unspecified atom stereocenters. The van der Waals surface area contributed by atoms with E-state index in [9.17, 15) is 4.79 Å². The maximum Gasteiger partial charge on any atom is 0.323 e. The van der Waals surface area contributed by atoms with E-state index in [-0.39, 0.29) is 5.69 Å². The molecule has 1 aromatic rings. The maximum atomic E-state index is 11.3. The van der Waals surface area contributed by atoms with Gasteiger partial charge in [0.15, 0.2) is 0 Å². The van der Waals surface area contributed by atoms with Crippen molar-refractivity contribution in [1.82, 2.24) is 15.3 Å². The molecular weight excluding hydrogens is 202 g/mol. The van der Waals surface area contributed by atoms with Crippen LogP contribution in [0.15, 0.2) is 4.79 Å². The molecule has 4 heteroatoms. The van der Waals surface area contributed by atoms with Gasteiger partial charge in [0, 0.05) is 11.4 Å². The molecule has 0 spiro atoms. The van der Waals surface area contributed by atoms with E-state index >= 15 is 0 Å². The Kier molecular flexibility index (Phi) is 3.49. The van der Waals surface area contributed by atoms with E-state index in [2.05, 4.69) is 29.1 Å². The van der Waals surface area contributed by atoms with Gasteiger partial charge in [0.05, 0.1) is 0 Å². The number of aromatic nitrogens is 2. The average molecular weight is 223 g/mol. The van der Waals surface area contributed by atoms with Gasteiger partial charge in [-0.3, -0.25) is 0 Å². The summed E-state index contributed by atoms with van der Waals surface area (Å²) < 4.78 is 0. The Balaban J connectivity index is 2.09. The summed E-state index contributed by atoms with van der Waals surface area (Å²) in [6, 6.07) is 0. The van der Waals surface area contributed by atoms with Crippen LogP contribution in [-0.4, -0.2) is 23.1 Å². The highest BCUT2D eigenvalue weighted by Gasteiger charge is 2.18. The summed E-state index contributed by atoms with van der Waals surface area (Å²) in [5.41, 5.74) is 2.16. The highest BCUT2D eigenvalue weighted by molar-refractivity contribution is 5.13. The predicted octanol–water partition coefficient (Wildman–Crippen LogP) is 1.05. The molecule has 1 fully saturated rings. The molecule has 0 saturated carbocycles. The zero-order valence-electron chi connectivity index (χ0n) is 10.1. The van der Waals surface area contributed by atoms with Crippen molar-refractivity contribution in [3.63, 3.8) is 0 Å². The van der Waals surface area contributed by atoms with Gasteiger partial charge in [0.2, 0.25) is 0 Å². The third-order valence-corrected chi connectivity index (χ3v) is 3.16. The molecule has 1 aliphatic rings. The van der Waals surface area contributed by atoms with Crippen molar-refractivity contribution in [1.29, 1.82) is 0 Å². The number of hydrogen-bond acceptors (Lipinski definition) is 2. The molecule has 1 aromatic heterocycles. The Bertz CT molecular complexity index is 385. The molecule has 0 aromatic carbocycles. The standard InChI is InChI=1S/C12H21N3O/c1-8(2)5-10-11(15-12(16)14-10)6-9-3-4-13-7-9/h8-9,13H,3-7H2,1-2H3,(H2,14,15,16). The van der Waals surface area contributed by atoms with Crippen LogP contribution >= 0.6 is 0 Å². The van der Waals surface area contributed by atoms with Crippen molar-refractivity contribution in [2.45, 2.75) is 33.1 Å². The first-order valence-corrected chi connectivity index (χ1v) is 6.16. The van der Waals surface area contributed by atoms with E-state index in [1.165, 1.54) is 6.42 Å². The van der Waals surface area contributed by atoms with Crippen LogP contribution < -0.4 is 11.0 Å². The van der Waals surface area contributed by atoms with Crippen molar-refractivity contribution >= 4 is 0 Å². The third kappa shape index (κ3) is 2.76. The summed E-state index contributed by atoms with van der Waals surface area (Å²) >= 11 is 0. The van der Waals surface area contributed by atoms with Crippen molar-refractivity contribution < 1.29 is 0 Å². The summed E-state index contributed by atoms with van der Waals surface area (Å²) in [6.45, 7) is 6.53. The van der Waals surface area contributed by atoms with E-state index in [0.717, 1.165) is 37.3 Å². The number of nitrogens with one attached hydrogen (secondary N) is 3. The molecule has 90 valence electrons. The van der Waals surface area contributed by atoms with E-state index in [1.54, 1.807) is 0 Å². The zero-order chi connectivity index (χ0) is 11.5. The smallest absolute Gasteiger partial charge is 0.316 e. The van der Waals surface area contributed by atoms with Gasteiger partial charge in [-0.1, -0.05) is 13.8 Å². The highest BCUT2D eigenvalue weighted by Crippen LogP contribution is 2.16. The van der Waals surface area contributed by atoms with Gasteiger partial charge in [0.1, 0.15) is 0 Å². The summed E-state index contributed by atoms with van der Waals surface area (Å²) in [7, 11) is 0. The van der Waals surface area contributed by atoms with E-state index in [1.807, 2.05) is 0 Å². The number of H-pyrrole nitrogens is 2. The molecule has 16 heavy (non-hydrogen) atoms. The largest absolute Gasteiger partial charge is 0.323 e. The van der Waals surface area contributed by atoms with Crippen LogP contribution in [0.1, 0.15) is 31.7 Å². The Labute approximate surface area is 95.9 Å². The van der Waals surface area contributed by atoms with Crippen LogP contribution in [-0.2, 0) is 12.8 Å². The Morgan fingerprint density at radius 1 is 1.31 bits per heavy atom. The van der Waals surface area contributed by atoms with E-state index in [0.29, 0.717) is 11.8 Å². The number of aromatic amines is 2. The SMILES string of the molecule is CC(C)Cc1[nH]c(=O)[nH]c1CC1CCNC1. The molecule has 0 radical (unpaired) electrons. The lowest BCUT2D eigenvalue weighted by molar-refractivity contribution is 0.561. The van der Waals surface area contributed by atoms with Gasteiger partial charge in [-0.05, 0) is 44.2 Å².